The maximum atomic E-state index is 12.9. The quantitative estimate of drug-likeness (QED) is 0.532. The van der Waals surface area contributed by atoms with Gasteiger partial charge in [-0.25, -0.2) is 4.98 Å². The van der Waals surface area contributed by atoms with Crippen LogP contribution in [0.1, 0.15) is 51.2 Å². The van der Waals surface area contributed by atoms with Crippen molar-refractivity contribution in [2.24, 2.45) is 0 Å². The second-order valence-corrected chi connectivity index (χ2v) is 8.61. The van der Waals surface area contributed by atoms with E-state index in [1.807, 2.05) is 5.38 Å². The molecule has 0 unspecified atom stereocenters. The first-order chi connectivity index (χ1) is 14.6. The van der Waals surface area contributed by atoms with Gasteiger partial charge in [-0.05, 0) is 56.3 Å². The number of rotatable bonds is 6. The van der Waals surface area contributed by atoms with E-state index in [1.165, 1.54) is 30.6 Å². The van der Waals surface area contributed by atoms with Gasteiger partial charge in [-0.3, -0.25) is 19.8 Å². The standard InChI is InChI=1S/C23H22ClN3O2S/c24-17-10-8-16(9-11-17)21(28)19-6-2-3-7-20(19)22(29)26-23-25-18(15-30-23)14-27-12-4-1-5-13-27/h2-3,6-11,15H,1,4-5,12-14H2,(H,25,26,29). The number of piperidine rings is 1. The molecule has 3 aromatic rings. The number of amides is 1. The summed E-state index contributed by atoms with van der Waals surface area (Å²) in [6.45, 7) is 3.00. The Labute approximate surface area is 184 Å². The zero-order chi connectivity index (χ0) is 20.9. The lowest BCUT2D eigenvalue weighted by Gasteiger charge is -2.25. The van der Waals surface area contributed by atoms with E-state index in [1.54, 1.807) is 48.5 Å². The summed E-state index contributed by atoms with van der Waals surface area (Å²) in [4.78, 5) is 32.8. The molecule has 30 heavy (non-hydrogen) atoms. The molecule has 5 nitrogen and oxygen atoms in total. The molecular formula is C23H22ClN3O2S. The number of nitrogens with one attached hydrogen (secondary N) is 1. The molecule has 0 radical (unpaired) electrons. The van der Waals surface area contributed by atoms with Crippen molar-refractivity contribution in [2.75, 3.05) is 18.4 Å². The number of likely N-dealkylation sites (tertiary alicyclic amines) is 1. The summed E-state index contributed by atoms with van der Waals surface area (Å²) in [5.41, 5.74) is 2.12. The van der Waals surface area contributed by atoms with Crippen LogP contribution in [0.4, 0.5) is 5.13 Å². The number of carbonyl (C=O) groups is 2. The fraction of sp³-hybridized carbons (Fsp3) is 0.261. The Morgan fingerprint density at radius 3 is 2.43 bits per heavy atom. The van der Waals surface area contributed by atoms with Gasteiger partial charge >= 0.3 is 0 Å². The van der Waals surface area contributed by atoms with Gasteiger partial charge in [0.25, 0.3) is 5.91 Å². The van der Waals surface area contributed by atoms with Crippen LogP contribution < -0.4 is 5.32 Å². The van der Waals surface area contributed by atoms with Crippen molar-refractivity contribution in [3.8, 4) is 0 Å². The number of ketones is 1. The molecule has 2 heterocycles. The second kappa shape index (κ2) is 9.51. The number of anilines is 1. The molecule has 1 amide bonds. The zero-order valence-corrected chi connectivity index (χ0v) is 18.0. The van der Waals surface area contributed by atoms with Crippen molar-refractivity contribution in [2.45, 2.75) is 25.8 Å². The first kappa shape index (κ1) is 20.7. The summed E-state index contributed by atoms with van der Waals surface area (Å²) in [6, 6.07) is 13.5. The highest BCUT2D eigenvalue weighted by Crippen LogP contribution is 2.22. The average Bonchev–Trinajstić information content (AvgIpc) is 3.21. The normalized spacial score (nSPS) is 14.4. The molecule has 0 atom stereocenters. The van der Waals surface area contributed by atoms with Gasteiger partial charge in [0.05, 0.1) is 11.3 Å². The van der Waals surface area contributed by atoms with E-state index in [0.29, 0.717) is 26.8 Å². The van der Waals surface area contributed by atoms with Crippen molar-refractivity contribution >= 4 is 39.8 Å². The van der Waals surface area contributed by atoms with E-state index in [-0.39, 0.29) is 11.7 Å². The third-order valence-corrected chi connectivity index (χ3v) is 6.19. The number of carbonyl (C=O) groups excluding carboxylic acids is 2. The van der Waals surface area contributed by atoms with Crippen LogP contribution in [0.15, 0.2) is 53.9 Å². The SMILES string of the molecule is O=C(Nc1nc(CN2CCCCC2)cs1)c1ccccc1C(=O)c1ccc(Cl)cc1. The molecular weight excluding hydrogens is 418 g/mol. The van der Waals surface area contributed by atoms with Crippen molar-refractivity contribution in [3.63, 3.8) is 0 Å². The maximum absolute atomic E-state index is 12.9. The molecule has 1 N–H and O–H groups in total. The summed E-state index contributed by atoms with van der Waals surface area (Å²) in [5.74, 6) is -0.561. The number of thiazole rings is 1. The summed E-state index contributed by atoms with van der Waals surface area (Å²) in [5, 5.41) is 5.93. The molecule has 4 rings (SSSR count). The number of benzene rings is 2. The van der Waals surface area contributed by atoms with E-state index in [0.717, 1.165) is 25.3 Å². The molecule has 154 valence electrons. The number of halogens is 1. The molecule has 0 spiro atoms. The first-order valence-electron chi connectivity index (χ1n) is 9.97. The fourth-order valence-corrected chi connectivity index (χ4v) is 4.41. The molecule has 1 aromatic heterocycles. The number of hydrogen-bond acceptors (Lipinski definition) is 5. The Kier molecular flexibility index (Phi) is 6.57. The molecule has 1 saturated heterocycles. The van der Waals surface area contributed by atoms with Gasteiger partial charge in [0.1, 0.15) is 0 Å². The topological polar surface area (TPSA) is 62.3 Å². The minimum absolute atomic E-state index is 0.220. The highest BCUT2D eigenvalue weighted by atomic mass is 35.5. The lowest BCUT2D eigenvalue weighted by Crippen LogP contribution is -2.29. The van der Waals surface area contributed by atoms with Crippen LogP contribution in [0.25, 0.3) is 0 Å². The van der Waals surface area contributed by atoms with E-state index in [9.17, 15) is 9.59 Å². The Balaban J connectivity index is 1.48. The van der Waals surface area contributed by atoms with Gasteiger partial charge in [0, 0.05) is 28.1 Å². The van der Waals surface area contributed by atoms with E-state index >= 15 is 0 Å². The third kappa shape index (κ3) is 4.95. The highest BCUT2D eigenvalue weighted by molar-refractivity contribution is 7.14. The number of aromatic nitrogens is 1. The predicted octanol–water partition coefficient (Wildman–Crippen LogP) is 5.27. The molecule has 0 aliphatic carbocycles. The summed E-state index contributed by atoms with van der Waals surface area (Å²) < 4.78 is 0. The molecule has 0 bridgehead atoms. The minimum Gasteiger partial charge on any atom is -0.298 e. The smallest absolute Gasteiger partial charge is 0.258 e. The van der Waals surface area contributed by atoms with Crippen molar-refractivity contribution < 1.29 is 9.59 Å². The Morgan fingerprint density at radius 2 is 1.70 bits per heavy atom. The summed E-state index contributed by atoms with van der Waals surface area (Å²) in [7, 11) is 0. The molecule has 2 aromatic carbocycles. The maximum Gasteiger partial charge on any atom is 0.258 e. The lowest BCUT2D eigenvalue weighted by atomic mass is 9.98. The van der Waals surface area contributed by atoms with Crippen molar-refractivity contribution in [1.29, 1.82) is 0 Å². The van der Waals surface area contributed by atoms with Crippen LogP contribution in [-0.4, -0.2) is 34.7 Å². The van der Waals surface area contributed by atoms with Crippen LogP contribution >= 0.6 is 22.9 Å². The van der Waals surface area contributed by atoms with Crippen LogP contribution in [0.2, 0.25) is 5.02 Å². The minimum atomic E-state index is -0.341. The number of hydrogen-bond donors (Lipinski definition) is 1. The monoisotopic (exact) mass is 439 g/mol. The van der Waals surface area contributed by atoms with Gasteiger partial charge < -0.3 is 0 Å². The van der Waals surface area contributed by atoms with Crippen LogP contribution in [0.3, 0.4) is 0 Å². The van der Waals surface area contributed by atoms with Gasteiger partial charge in [-0.15, -0.1) is 11.3 Å². The summed E-state index contributed by atoms with van der Waals surface area (Å²) in [6.07, 6.45) is 3.75. The Hall–Kier alpha value is -2.54. The third-order valence-electron chi connectivity index (χ3n) is 5.13. The van der Waals surface area contributed by atoms with Crippen LogP contribution in [-0.2, 0) is 6.54 Å². The molecule has 7 heteroatoms. The molecule has 0 saturated carbocycles. The molecule has 1 fully saturated rings. The second-order valence-electron chi connectivity index (χ2n) is 7.32. The molecule has 1 aliphatic rings. The van der Waals surface area contributed by atoms with E-state index < -0.39 is 0 Å². The van der Waals surface area contributed by atoms with Crippen molar-refractivity contribution in [3.05, 3.63) is 81.3 Å². The zero-order valence-electron chi connectivity index (χ0n) is 16.4. The van der Waals surface area contributed by atoms with E-state index in [2.05, 4.69) is 15.2 Å². The van der Waals surface area contributed by atoms with E-state index in [4.69, 9.17) is 11.6 Å². The van der Waals surface area contributed by atoms with Gasteiger partial charge in [-0.2, -0.15) is 0 Å². The van der Waals surface area contributed by atoms with Gasteiger partial charge in [0.2, 0.25) is 0 Å². The predicted molar refractivity (Wildman–Crippen MR) is 121 cm³/mol. The van der Waals surface area contributed by atoms with Crippen LogP contribution in [0.5, 0.6) is 0 Å². The number of nitrogens with zero attached hydrogens (tertiary/aromatic N) is 2. The Bertz CT molecular complexity index is 1040. The lowest BCUT2D eigenvalue weighted by molar-refractivity contribution is 0.0996. The van der Waals surface area contributed by atoms with Crippen molar-refractivity contribution in [1.82, 2.24) is 9.88 Å². The fourth-order valence-electron chi connectivity index (χ4n) is 3.58. The highest BCUT2D eigenvalue weighted by Gasteiger charge is 2.19. The first-order valence-corrected chi connectivity index (χ1v) is 11.2. The summed E-state index contributed by atoms with van der Waals surface area (Å²) >= 11 is 7.32. The average molecular weight is 440 g/mol. The molecule has 1 aliphatic heterocycles. The largest absolute Gasteiger partial charge is 0.298 e. The van der Waals surface area contributed by atoms with Gasteiger partial charge in [-0.1, -0.05) is 36.2 Å². The van der Waals surface area contributed by atoms with Crippen LogP contribution in [0, 0.1) is 0 Å². The Morgan fingerprint density at radius 1 is 1.00 bits per heavy atom. The van der Waals surface area contributed by atoms with Gasteiger partial charge in [0.15, 0.2) is 10.9 Å².